The lowest BCUT2D eigenvalue weighted by molar-refractivity contribution is -0.185. The zero-order valence-electron chi connectivity index (χ0n) is 13.6. The quantitative estimate of drug-likeness (QED) is 0.796. The van der Waals surface area contributed by atoms with Gasteiger partial charge in [0, 0.05) is 25.3 Å². The first-order valence-corrected chi connectivity index (χ1v) is 7.50. The van der Waals surface area contributed by atoms with E-state index in [9.17, 15) is 18.0 Å². The fourth-order valence-corrected chi connectivity index (χ4v) is 2.05. The van der Waals surface area contributed by atoms with Gasteiger partial charge in [0.05, 0.1) is 0 Å². The van der Waals surface area contributed by atoms with E-state index in [2.05, 4.69) is 15.0 Å². The molecule has 23 heavy (non-hydrogen) atoms. The van der Waals surface area contributed by atoms with E-state index in [1.165, 1.54) is 6.92 Å². The van der Waals surface area contributed by atoms with Gasteiger partial charge in [-0.3, -0.25) is 4.79 Å². The van der Waals surface area contributed by atoms with Crippen LogP contribution in [0.1, 0.15) is 19.4 Å². The first-order valence-electron chi connectivity index (χ1n) is 7.50. The zero-order valence-corrected chi connectivity index (χ0v) is 13.6. The Kier molecular flexibility index (Phi) is 7.35. The van der Waals surface area contributed by atoms with E-state index < -0.39 is 24.8 Å². The molecule has 0 aromatic heterocycles. The van der Waals surface area contributed by atoms with E-state index in [-0.39, 0.29) is 0 Å². The number of aryl methyl sites for hydroxylation is 1. The van der Waals surface area contributed by atoms with Crippen LogP contribution in [-0.4, -0.2) is 44.4 Å². The average Bonchev–Trinajstić information content (AvgIpc) is 2.48. The summed E-state index contributed by atoms with van der Waals surface area (Å²) in [4.78, 5) is 13.8. The molecular weight excluding hydrogens is 309 g/mol. The van der Waals surface area contributed by atoms with Gasteiger partial charge in [0.1, 0.15) is 12.7 Å². The summed E-state index contributed by atoms with van der Waals surface area (Å²) in [6.45, 7) is 5.54. The van der Waals surface area contributed by atoms with Crippen LogP contribution in [0.3, 0.4) is 0 Å². The lowest BCUT2D eigenvalue weighted by Crippen LogP contribution is -2.40. The third kappa shape index (κ3) is 7.36. The number of halogens is 3. The van der Waals surface area contributed by atoms with Crippen molar-refractivity contribution in [2.24, 2.45) is 0 Å². The molecule has 1 aromatic rings. The molecule has 1 N–H and O–H groups in total. The number of alkyl halides is 3. The predicted octanol–water partition coefficient (Wildman–Crippen LogP) is 2.90. The van der Waals surface area contributed by atoms with Crippen LogP contribution in [0.25, 0.3) is 0 Å². The normalized spacial score (nSPS) is 12.8. The minimum absolute atomic E-state index is 0.334. The van der Waals surface area contributed by atoms with E-state index in [0.29, 0.717) is 13.1 Å². The fourth-order valence-electron chi connectivity index (χ4n) is 2.05. The Morgan fingerprint density at radius 2 is 2.09 bits per heavy atom. The second-order valence-electron chi connectivity index (χ2n) is 5.28. The van der Waals surface area contributed by atoms with Crippen LogP contribution in [0.4, 0.5) is 18.9 Å². The van der Waals surface area contributed by atoms with Gasteiger partial charge in [-0.05, 0) is 38.5 Å². The first-order chi connectivity index (χ1) is 10.7. The van der Waals surface area contributed by atoms with E-state index in [0.717, 1.165) is 17.8 Å². The minimum Gasteiger partial charge on any atom is -0.370 e. The van der Waals surface area contributed by atoms with Crippen LogP contribution in [-0.2, 0) is 9.53 Å². The monoisotopic (exact) mass is 332 g/mol. The Morgan fingerprint density at radius 1 is 1.39 bits per heavy atom. The summed E-state index contributed by atoms with van der Waals surface area (Å²) >= 11 is 0. The number of benzene rings is 1. The topological polar surface area (TPSA) is 41.6 Å². The highest BCUT2D eigenvalue weighted by Crippen LogP contribution is 2.16. The summed E-state index contributed by atoms with van der Waals surface area (Å²) in [7, 11) is 0. The van der Waals surface area contributed by atoms with Crippen molar-refractivity contribution in [3.63, 3.8) is 0 Å². The number of hydrogen-bond acceptors (Lipinski definition) is 3. The van der Waals surface area contributed by atoms with Gasteiger partial charge in [-0.25, -0.2) is 0 Å². The highest BCUT2D eigenvalue weighted by atomic mass is 19.4. The van der Waals surface area contributed by atoms with E-state index >= 15 is 0 Å². The molecule has 0 saturated heterocycles. The summed E-state index contributed by atoms with van der Waals surface area (Å²) in [5.41, 5.74) is 2.18. The van der Waals surface area contributed by atoms with Crippen LogP contribution in [0.5, 0.6) is 0 Å². The third-order valence-electron chi connectivity index (χ3n) is 3.30. The second kappa shape index (κ2) is 8.76. The summed E-state index contributed by atoms with van der Waals surface area (Å²) in [6, 6.07) is 7.98. The second-order valence-corrected chi connectivity index (χ2v) is 5.28. The maximum absolute atomic E-state index is 12.0. The van der Waals surface area contributed by atoms with Gasteiger partial charge in [-0.1, -0.05) is 12.1 Å². The van der Waals surface area contributed by atoms with E-state index in [1.54, 1.807) is 0 Å². The number of anilines is 1. The van der Waals surface area contributed by atoms with Gasteiger partial charge in [-0.15, -0.1) is 0 Å². The number of rotatable bonds is 8. The van der Waals surface area contributed by atoms with Crippen LogP contribution < -0.4 is 10.2 Å². The highest BCUT2D eigenvalue weighted by Gasteiger charge is 2.29. The molecule has 1 atom stereocenters. The van der Waals surface area contributed by atoms with Crippen molar-refractivity contribution in [3.8, 4) is 0 Å². The molecule has 0 heterocycles. The minimum atomic E-state index is -4.43. The predicted molar refractivity (Wildman–Crippen MR) is 83.5 cm³/mol. The molecule has 0 bridgehead atoms. The number of nitrogens with zero attached hydrogens (tertiary/aromatic N) is 1. The van der Waals surface area contributed by atoms with Crippen molar-refractivity contribution in [1.82, 2.24) is 5.32 Å². The molecule has 0 radical (unpaired) electrons. The van der Waals surface area contributed by atoms with Crippen LogP contribution in [0, 0.1) is 6.92 Å². The Bertz CT molecular complexity index is 506. The van der Waals surface area contributed by atoms with Gasteiger partial charge in [0.15, 0.2) is 0 Å². The Labute approximate surface area is 134 Å². The molecule has 1 aromatic carbocycles. The first kappa shape index (κ1) is 19.3. The summed E-state index contributed by atoms with van der Waals surface area (Å²) in [5, 5.41) is 2.59. The van der Waals surface area contributed by atoms with E-state index in [4.69, 9.17) is 0 Å². The van der Waals surface area contributed by atoms with Crippen LogP contribution in [0.15, 0.2) is 24.3 Å². The van der Waals surface area contributed by atoms with Crippen molar-refractivity contribution in [3.05, 3.63) is 29.8 Å². The van der Waals surface area contributed by atoms with Gasteiger partial charge < -0.3 is 15.0 Å². The van der Waals surface area contributed by atoms with Crippen LogP contribution >= 0.6 is 0 Å². The number of amides is 1. The zero-order chi connectivity index (χ0) is 17.5. The van der Waals surface area contributed by atoms with Gasteiger partial charge in [0.2, 0.25) is 5.91 Å². The number of hydrogen-bond donors (Lipinski definition) is 1. The lowest BCUT2D eigenvalue weighted by atomic mass is 10.2. The number of carbonyl (C=O) groups is 1. The molecule has 4 nitrogen and oxygen atoms in total. The summed E-state index contributed by atoms with van der Waals surface area (Å²) < 4.78 is 40.6. The molecule has 0 spiro atoms. The van der Waals surface area contributed by atoms with Gasteiger partial charge in [-0.2, -0.15) is 13.2 Å². The van der Waals surface area contributed by atoms with Crippen molar-refractivity contribution in [1.29, 1.82) is 0 Å². The maximum atomic E-state index is 12.0. The summed E-state index contributed by atoms with van der Waals surface area (Å²) in [6.07, 6.45) is -5.57. The van der Waals surface area contributed by atoms with Crippen molar-refractivity contribution in [2.45, 2.75) is 33.1 Å². The highest BCUT2D eigenvalue weighted by molar-refractivity contribution is 5.80. The smallest absolute Gasteiger partial charge is 0.370 e. The molecule has 0 aliphatic rings. The van der Waals surface area contributed by atoms with Crippen LogP contribution in [0.2, 0.25) is 0 Å². The van der Waals surface area contributed by atoms with Crippen molar-refractivity contribution in [2.75, 3.05) is 31.1 Å². The molecule has 1 rings (SSSR count). The fraction of sp³-hybridized carbons (Fsp3) is 0.562. The average molecular weight is 332 g/mol. The molecule has 1 amide bonds. The molecule has 7 heteroatoms. The third-order valence-corrected chi connectivity index (χ3v) is 3.30. The summed E-state index contributed by atoms with van der Waals surface area (Å²) in [5.74, 6) is -0.547. The number of carbonyl (C=O) groups excluding carboxylic acids is 1. The van der Waals surface area contributed by atoms with E-state index in [1.807, 2.05) is 38.1 Å². The number of ether oxygens (including phenoxy) is 1. The largest absolute Gasteiger partial charge is 0.411 e. The SMILES string of the molecule is CCN(CCNC(=O)[C@H](C)OCC(F)(F)F)c1cccc(C)c1. The Balaban J connectivity index is 2.40. The molecule has 0 aliphatic carbocycles. The lowest BCUT2D eigenvalue weighted by Gasteiger charge is -2.24. The molecular formula is C16H23F3N2O2. The molecule has 130 valence electrons. The maximum Gasteiger partial charge on any atom is 0.411 e. The Hall–Kier alpha value is -1.76. The molecule has 0 fully saturated rings. The number of likely N-dealkylation sites (N-methyl/N-ethyl adjacent to an activating group) is 1. The van der Waals surface area contributed by atoms with Crippen molar-refractivity contribution >= 4 is 11.6 Å². The van der Waals surface area contributed by atoms with Gasteiger partial charge >= 0.3 is 6.18 Å². The molecule has 0 aliphatic heterocycles. The Morgan fingerprint density at radius 3 is 2.65 bits per heavy atom. The molecule has 0 unspecified atom stereocenters. The standard InChI is InChI=1S/C16H23F3N2O2/c1-4-21(14-7-5-6-12(2)10-14)9-8-20-15(22)13(3)23-11-16(17,18)19/h5-7,10,13H,4,8-9,11H2,1-3H3,(H,20,22)/t13-/m0/s1. The van der Waals surface area contributed by atoms with Crippen molar-refractivity contribution < 1.29 is 22.7 Å². The van der Waals surface area contributed by atoms with Gasteiger partial charge in [0.25, 0.3) is 0 Å². The number of nitrogens with one attached hydrogen (secondary N) is 1. The molecule has 0 saturated carbocycles.